The van der Waals surface area contributed by atoms with Crippen molar-refractivity contribution in [2.45, 2.75) is 29.9 Å². The fourth-order valence-corrected chi connectivity index (χ4v) is 4.83. The molecule has 6 nitrogen and oxygen atoms in total. The molecular formula is C19H21ClN2O4S. The standard InChI is InChI=1S/C19H21ClN2O4S/c1-2-25-19(24)14-10-13(27-16-6-4-3-5-15(16)20)9-12(14)11-26-18-8-7-17(23)21-22-18/h3-8,12-14H,2,9-11H2,1H3,(H,21,23)/t12-,13?,14+/m0/s1. The number of aromatic amines is 1. The first-order valence-electron chi connectivity index (χ1n) is 8.83. The summed E-state index contributed by atoms with van der Waals surface area (Å²) in [4.78, 5) is 24.5. The average molecular weight is 409 g/mol. The van der Waals surface area contributed by atoms with Gasteiger partial charge >= 0.3 is 5.97 Å². The quantitative estimate of drug-likeness (QED) is 0.705. The van der Waals surface area contributed by atoms with Gasteiger partial charge in [-0.2, -0.15) is 0 Å². The Morgan fingerprint density at radius 1 is 1.30 bits per heavy atom. The molecule has 1 N–H and O–H groups in total. The third-order valence-corrected chi connectivity index (χ3v) is 6.24. The zero-order valence-corrected chi connectivity index (χ0v) is 16.5. The minimum absolute atomic E-state index is 0.0118. The Morgan fingerprint density at radius 3 is 2.81 bits per heavy atom. The minimum atomic E-state index is -0.288. The van der Waals surface area contributed by atoms with Crippen molar-refractivity contribution in [2.75, 3.05) is 13.2 Å². The summed E-state index contributed by atoms with van der Waals surface area (Å²) in [7, 11) is 0. The lowest BCUT2D eigenvalue weighted by molar-refractivity contribution is -0.149. The molecule has 27 heavy (non-hydrogen) atoms. The third kappa shape index (κ3) is 5.26. The lowest BCUT2D eigenvalue weighted by Gasteiger charge is -2.17. The fourth-order valence-electron chi connectivity index (χ4n) is 3.22. The molecule has 8 heteroatoms. The van der Waals surface area contributed by atoms with Crippen molar-refractivity contribution >= 4 is 29.3 Å². The van der Waals surface area contributed by atoms with E-state index >= 15 is 0 Å². The Labute approximate surface area is 166 Å². The van der Waals surface area contributed by atoms with Crippen molar-refractivity contribution in [1.29, 1.82) is 0 Å². The molecule has 0 amide bonds. The number of benzene rings is 1. The van der Waals surface area contributed by atoms with E-state index in [1.807, 2.05) is 24.3 Å². The summed E-state index contributed by atoms with van der Waals surface area (Å²) in [6, 6.07) is 10.6. The van der Waals surface area contributed by atoms with Gasteiger partial charge in [-0.3, -0.25) is 9.59 Å². The minimum Gasteiger partial charge on any atom is -0.476 e. The topological polar surface area (TPSA) is 81.3 Å². The highest BCUT2D eigenvalue weighted by atomic mass is 35.5. The predicted octanol–water partition coefficient (Wildman–Crippen LogP) is 3.55. The van der Waals surface area contributed by atoms with E-state index in [0.29, 0.717) is 30.5 Å². The Balaban J connectivity index is 1.67. The highest BCUT2D eigenvalue weighted by Gasteiger charge is 2.40. The second kappa shape index (κ2) is 9.28. The van der Waals surface area contributed by atoms with Crippen molar-refractivity contribution in [3.63, 3.8) is 0 Å². The zero-order valence-electron chi connectivity index (χ0n) is 14.9. The number of H-pyrrole nitrogens is 1. The van der Waals surface area contributed by atoms with Crippen LogP contribution in [0, 0.1) is 11.8 Å². The molecule has 1 fully saturated rings. The van der Waals surface area contributed by atoms with Gasteiger partial charge in [-0.05, 0) is 31.9 Å². The van der Waals surface area contributed by atoms with Crippen LogP contribution >= 0.6 is 23.4 Å². The Bertz CT molecular complexity index is 824. The van der Waals surface area contributed by atoms with Gasteiger partial charge in [0.05, 0.1) is 24.2 Å². The number of nitrogens with zero attached hydrogens (tertiary/aromatic N) is 1. The van der Waals surface area contributed by atoms with Gasteiger partial charge < -0.3 is 9.47 Å². The molecule has 0 radical (unpaired) electrons. The molecular weight excluding hydrogens is 388 g/mol. The van der Waals surface area contributed by atoms with E-state index in [0.717, 1.165) is 11.3 Å². The van der Waals surface area contributed by atoms with Crippen molar-refractivity contribution in [3.8, 4) is 5.88 Å². The van der Waals surface area contributed by atoms with Crippen LogP contribution in [0.4, 0.5) is 0 Å². The molecule has 1 heterocycles. The number of hydrogen-bond donors (Lipinski definition) is 1. The molecule has 144 valence electrons. The lowest BCUT2D eigenvalue weighted by Crippen LogP contribution is -2.26. The van der Waals surface area contributed by atoms with E-state index in [1.165, 1.54) is 12.1 Å². The molecule has 1 saturated carbocycles. The van der Waals surface area contributed by atoms with Gasteiger partial charge in [0.25, 0.3) is 5.56 Å². The van der Waals surface area contributed by atoms with Crippen molar-refractivity contribution in [3.05, 3.63) is 51.8 Å². The number of nitrogens with one attached hydrogen (secondary N) is 1. The highest BCUT2D eigenvalue weighted by Crippen LogP contribution is 2.43. The molecule has 0 spiro atoms. The van der Waals surface area contributed by atoms with E-state index < -0.39 is 0 Å². The number of carbonyl (C=O) groups is 1. The number of esters is 1. The lowest BCUT2D eigenvalue weighted by atomic mass is 9.97. The van der Waals surface area contributed by atoms with E-state index in [1.54, 1.807) is 18.7 Å². The van der Waals surface area contributed by atoms with Crippen LogP contribution in [0.3, 0.4) is 0 Å². The maximum absolute atomic E-state index is 12.4. The first-order chi connectivity index (χ1) is 13.1. The second-order valence-electron chi connectivity index (χ2n) is 6.33. The summed E-state index contributed by atoms with van der Waals surface area (Å²) in [5.74, 6) is -0.0762. The van der Waals surface area contributed by atoms with Crippen LogP contribution in [-0.2, 0) is 9.53 Å². The number of carbonyl (C=O) groups excluding carboxylic acids is 1. The fraction of sp³-hybridized carbons (Fsp3) is 0.421. The SMILES string of the molecule is CCOC(=O)[C@@H]1CC(Sc2ccccc2Cl)C[C@H]1COc1ccc(=O)[nH]n1. The molecule has 2 aromatic rings. The van der Waals surface area contributed by atoms with E-state index in [-0.39, 0.29) is 28.6 Å². The number of thioether (sulfide) groups is 1. The Kier molecular flexibility index (Phi) is 6.79. The van der Waals surface area contributed by atoms with Crippen LogP contribution in [0.1, 0.15) is 19.8 Å². The summed E-state index contributed by atoms with van der Waals surface area (Å²) in [5.41, 5.74) is -0.288. The van der Waals surface area contributed by atoms with Crippen LogP contribution in [0.15, 0.2) is 46.1 Å². The van der Waals surface area contributed by atoms with Crippen LogP contribution in [0.2, 0.25) is 5.02 Å². The van der Waals surface area contributed by atoms with Gasteiger partial charge in [0.2, 0.25) is 5.88 Å². The number of ether oxygens (including phenoxy) is 2. The first-order valence-corrected chi connectivity index (χ1v) is 10.1. The summed E-state index contributed by atoms with van der Waals surface area (Å²) < 4.78 is 11.0. The average Bonchev–Trinajstić information content (AvgIpc) is 3.06. The van der Waals surface area contributed by atoms with Gasteiger partial charge in [0, 0.05) is 28.2 Å². The number of hydrogen-bond acceptors (Lipinski definition) is 6. The number of rotatable bonds is 7. The largest absolute Gasteiger partial charge is 0.476 e. The van der Waals surface area contributed by atoms with Gasteiger partial charge in [-0.25, -0.2) is 5.10 Å². The monoisotopic (exact) mass is 408 g/mol. The van der Waals surface area contributed by atoms with Gasteiger partial charge in [0.1, 0.15) is 0 Å². The van der Waals surface area contributed by atoms with Crippen molar-refractivity contribution in [2.24, 2.45) is 11.8 Å². The molecule has 3 rings (SSSR count). The number of aromatic nitrogens is 2. The molecule has 0 saturated heterocycles. The predicted molar refractivity (Wildman–Crippen MR) is 104 cm³/mol. The van der Waals surface area contributed by atoms with Gasteiger partial charge in [0.15, 0.2) is 0 Å². The summed E-state index contributed by atoms with van der Waals surface area (Å²) in [6.45, 7) is 2.49. The molecule has 0 aliphatic heterocycles. The maximum atomic E-state index is 12.4. The zero-order chi connectivity index (χ0) is 19.2. The van der Waals surface area contributed by atoms with Crippen LogP contribution in [0.5, 0.6) is 5.88 Å². The molecule has 1 aliphatic carbocycles. The molecule has 1 aliphatic rings. The molecule has 1 unspecified atom stereocenters. The van der Waals surface area contributed by atoms with Crippen molar-refractivity contribution in [1.82, 2.24) is 10.2 Å². The third-order valence-electron chi connectivity index (χ3n) is 4.47. The molecule has 0 bridgehead atoms. The van der Waals surface area contributed by atoms with E-state index in [9.17, 15) is 9.59 Å². The normalized spacial score (nSPS) is 21.8. The van der Waals surface area contributed by atoms with Crippen molar-refractivity contribution < 1.29 is 14.3 Å². The summed E-state index contributed by atoms with van der Waals surface area (Å²) in [5, 5.41) is 7.14. The number of halogens is 1. The van der Waals surface area contributed by atoms with Crippen LogP contribution in [-0.4, -0.2) is 34.6 Å². The first kappa shape index (κ1) is 19.8. The van der Waals surface area contributed by atoms with Crippen LogP contribution < -0.4 is 10.3 Å². The smallest absolute Gasteiger partial charge is 0.309 e. The summed E-state index contributed by atoms with van der Waals surface area (Å²) in [6.07, 6.45) is 1.52. The molecule has 1 aromatic carbocycles. The maximum Gasteiger partial charge on any atom is 0.309 e. The highest BCUT2D eigenvalue weighted by molar-refractivity contribution is 8.00. The second-order valence-corrected chi connectivity index (χ2v) is 8.08. The molecule has 3 atom stereocenters. The van der Waals surface area contributed by atoms with E-state index in [2.05, 4.69) is 10.2 Å². The Hall–Kier alpha value is -1.99. The summed E-state index contributed by atoms with van der Waals surface area (Å²) >= 11 is 7.95. The van der Waals surface area contributed by atoms with Gasteiger partial charge in [-0.1, -0.05) is 23.7 Å². The van der Waals surface area contributed by atoms with E-state index in [4.69, 9.17) is 21.1 Å². The van der Waals surface area contributed by atoms with Crippen LogP contribution in [0.25, 0.3) is 0 Å². The van der Waals surface area contributed by atoms with Gasteiger partial charge in [-0.15, -0.1) is 16.9 Å². The molecule has 1 aromatic heterocycles. The Morgan fingerprint density at radius 2 is 2.11 bits per heavy atom.